The molecule has 0 fully saturated rings. The molecule has 19 heavy (non-hydrogen) atoms. The maximum absolute atomic E-state index is 9.68. The Morgan fingerprint density at radius 1 is 1.05 bits per heavy atom. The number of unbranched alkanes of at least 4 members (excludes halogenated alkanes) is 1. The number of aliphatic hydroxyl groups is 1. The van der Waals surface area contributed by atoms with Crippen LogP contribution in [-0.2, 0) is 0 Å². The van der Waals surface area contributed by atoms with Crippen LogP contribution in [0.4, 0.5) is 0 Å². The van der Waals surface area contributed by atoms with E-state index in [1.54, 1.807) is 0 Å². The zero-order valence-corrected chi connectivity index (χ0v) is 12.4. The summed E-state index contributed by atoms with van der Waals surface area (Å²) in [5, 5.41) is 9.68. The van der Waals surface area contributed by atoms with Crippen molar-refractivity contribution in [1.82, 2.24) is 0 Å². The summed E-state index contributed by atoms with van der Waals surface area (Å²) >= 11 is 0. The summed E-state index contributed by atoms with van der Waals surface area (Å²) in [5.74, 6) is 0.933. The smallest absolute Gasteiger partial charge is 0.119 e. The highest BCUT2D eigenvalue weighted by atomic mass is 16.5. The second-order valence-electron chi connectivity index (χ2n) is 5.38. The minimum Gasteiger partial charge on any atom is -0.494 e. The van der Waals surface area contributed by atoms with Gasteiger partial charge in [0, 0.05) is 6.61 Å². The molecule has 0 aliphatic rings. The number of ether oxygens (including phenoxy) is 1. The minimum atomic E-state index is 0.107. The van der Waals surface area contributed by atoms with Crippen molar-refractivity contribution in [3.05, 3.63) is 30.3 Å². The third-order valence-electron chi connectivity index (χ3n) is 4.01. The van der Waals surface area contributed by atoms with Gasteiger partial charge in [-0.1, -0.05) is 44.9 Å². The topological polar surface area (TPSA) is 29.5 Å². The first kappa shape index (κ1) is 16.0. The van der Waals surface area contributed by atoms with Crippen molar-refractivity contribution < 1.29 is 9.84 Å². The van der Waals surface area contributed by atoms with Gasteiger partial charge in [0.2, 0.25) is 0 Å². The van der Waals surface area contributed by atoms with E-state index in [1.165, 1.54) is 12.8 Å². The molecule has 1 atom stereocenters. The lowest BCUT2D eigenvalue weighted by molar-refractivity contribution is 0.0900. The average molecular weight is 264 g/mol. The van der Waals surface area contributed by atoms with E-state index >= 15 is 0 Å². The van der Waals surface area contributed by atoms with E-state index in [1.807, 2.05) is 30.3 Å². The zero-order valence-electron chi connectivity index (χ0n) is 12.4. The summed E-state index contributed by atoms with van der Waals surface area (Å²) < 4.78 is 5.71. The van der Waals surface area contributed by atoms with E-state index in [-0.39, 0.29) is 5.41 Å². The highest BCUT2D eigenvalue weighted by molar-refractivity contribution is 5.20. The van der Waals surface area contributed by atoms with Crippen LogP contribution >= 0.6 is 0 Å². The molecule has 1 aromatic carbocycles. The molecule has 0 saturated heterocycles. The van der Waals surface area contributed by atoms with Gasteiger partial charge in [-0.25, -0.2) is 0 Å². The van der Waals surface area contributed by atoms with Gasteiger partial charge in [-0.2, -0.15) is 0 Å². The van der Waals surface area contributed by atoms with Crippen LogP contribution in [0.25, 0.3) is 0 Å². The molecule has 1 aromatic rings. The molecule has 0 saturated carbocycles. The molecule has 0 radical (unpaired) electrons. The predicted molar refractivity (Wildman–Crippen MR) is 80.5 cm³/mol. The van der Waals surface area contributed by atoms with Gasteiger partial charge in [-0.3, -0.25) is 0 Å². The highest BCUT2D eigenvalue weighted by Gasteiger charge is 2.26. The lowest BCUT2D eigenvalue weighted by Gasteiger charge is -2.30. The van der Waals surface area contributed by atoms with Crippen LogP contribution in [0, 0.1) is 5.41 Å². The molecule has 0 aromatic heterocycles. The van der Waals surface area contributed by atoms with Crippen LogP contribution in [-0.4, -0.2) is 18.3 Å². The van der Waals surface area contributed by atoms with Crippen molar-refractivity contribution in [3.63, 3.8) is 0 Å². The van der Waals surface area contributed by atoms with Crippen molar-refractivity contribution in [2.24, 2.45) is 5.41 Å². The lowest BCUT2D eigenvalue weighted by Crippen LogP contribution is -2.25. The second-order valence-corrected chi connectivity index (χ2v) is 5.38. The lowest BCUT2D eigenvalue weighted by atomic mass is 9.77. The fourth-order valence-electron chi connectivity index (χ4n) is 2.45. The molecule has 0 heterocycles. The molecule has 0 spiro atoms. The normalized spacial score (nSPS) is 14.1. The van der Waals surface area contributed by atoms with Gasteiger partial charge in [0.1, 0.15) is 5.75 Å². The standard InChI is InChI=1S/C17H28O2/c1-3-5-12-17(4-2,15-18)13-9-14-19-16-10-7-6-8-11-16/h6-8,10-11,18H,3-5,9,12-15H2,1-2H3. The van der Waals surface area contributed by atoms with E-state index in [2.05, 4.69) is 13.8 Å². The van der Waals surface area contributed by atoms with E-state index in [0.29, 0.717) is 6.61 Å². The molecule has 2 nitrogen and oxygen atoms in total. The fraction of sp³-hybridized carbons (Fsp3) is 0.647. The number of rotatable bonds is 10. The molecule has 0 bridgehead atoms. The first-order valence-electron chi connectivity index (χ1n) is 7.55. The number of hydrogen-bond acceptors (Lipinski definition) is 2. The van der Waals surface area contributed by atoms with E-state index in [0.717, 1.165) is 38.0 Å². The van der Waals surface area contributed by atoms with Gasteiger partial charge in [-0.15, -0.1) is 0 Å². The highest BCUT2D eigenvalue weighted by Crippen LogP contribution is 2.33. The van der Waals surface area contributed by atoms with E-state index in [4.69, 9.17) is 4.74 Å². The van der Waals surface area contributed by atoms with Gasteiger partial charge >= 0.3 is 0 Å². The molecule has 2 heteroatoms. The average Bonchev–Trinajstić information content (AvgIpc) is 2.48. The maximum atomic E-state index is 9.68. The zero-order chi connectivity index (χ0) is 14.0. The van der Waals surface area contributed by atoms with Crippen LogP contribution in [0.1, 0.15) is 52.4 Å². The van der Waals surface area contributed by atoms with Crippen molar-refractivity contribution in [1.29, 1.82) is 0 Å². The Bertz CT molecular complexity index is 317. The summed E-state index contributed by atoms with van der Waals surface area (Å²) in [7, 11) is 0. The Labute approximate surface area is 117 Å². The van der Waals surface area contributed by atoms with Gasteiger partial charge in [0.05, 0.1) is 6.61 Å². The third-order valence-corrected chi connectivity index (χ3v) is 4.01. The van der Waals surface area contributed by atoms with Gasteiger partial charge < -0.3 is 9.84 Å². The van der Waals surface area contributed by atoms with Crippen LogP contribution in [0.5, 0.6) is 5.75 Å². The molecule has 1 unspecified atom stereocenters. The van der Waals surface area contributed by atoms with Crippen LogP contribution in [0.2, 0.25) is 0 Å². The Balaban J connectivity index is 2.32. The SMILES string of the molecule is CCCCC(CC)(CO)CCCOc1ccccc1. The molecule has 0 amide bonds. The van der Waals surface area contributed by atoms with E-state index < -0.39 is 0 Å². The second kappa shape index (κ2) is 8.98. The number of hydrogen-bond donors (Lipinski definition) is 1. The number of benzene rings is 1. The molecule has 1 rings (SSSR count). The number of aliphatic hydroxyl groups excluding tert-OH is 1. The molecule has 108 valence electrons. The van der Waals surface area contributed by atoms with Crippen LogP contribution in [0.15, 0.2) is 30.3 Å². The Morgan fingerprint density at radius 3 is 2.32 bits per heavy atom. The first-order chi connectivity index (χ1) is 9.26. The molecule has 0 aliphatic heterocycles. The largest absolute Gasteiger partial charge is 0.494 e. The molecule has 0 aliphatic carbocycles. The summed E-state index contributed by atoms with van der Waals surface area (Å²) in [6.07, 6.45) is 6.63. The fourth-order valence-corrected chi connectivity index (χ4v) is 2.45. The summed E-state index contributed by atoms with van der Waals surface area (Å²) in [4.78, 5) is 0. The summed E-state index contributed by atoms with van der Waals surface area (Å²) in [5.41, 5.74) is 0.107. The molecule has 1 N–H and O–H groups in total. The summed E-state index contributed by atoms with van der Waals surface area (Å²) in [6.45, 7) is 5.42. The van der Waals surface area contributed by atoms with E-state index in [9.17, 15) is 5.11 Å². The minimum absolute atomic E-state index is 0.107. The first-order valence-corrected chi connectivity index (χ1v) is 7.55. The Hall–Kier alpha value is -1.02. The van der Waals surface area contributed by atoms with Crippen LogP contribution < -0.4 is 4.74 Å². The van der Waals surface area contributed by atoms with Crippen molar-refractivity contribution in [2.75, 3.05) is 13.2 Å². The third kappa shape index (κ3) is 5.65. The summed E-state index contributed by atoms with van der Waals surface area (Å²) in [6, 6.07) is 9.93. The molecular weight excluding hydrogens is 236 g/mol. The molecular formula is C17H28O2. The maximum Gasteiger partial charge on any atom is 0.119 e. The predicted octanol–water partition coefficient (Wildman–Crippen LogP) is 4.42. The monoisotopic (exact) mass is 264 g/mol. The van der Waals surface area contributed by atoms with Gasteiger partial charge in [0.25, 0.3) is 0 Å². The quantitative estimate of drug-likeness (QED) is 0.634. The number of para-hydroxylation sites is 1. The van der Waals surface area contributed by atoms with Crippen molar-refractivity contribution >= 4 is 0 Å². The Kier molecular flexibility index (Phi) is 7.57. The Morgan fingerprint density at radius 2 is 1.74 bits per heavy atom. The van der Waals surface area contributed by atoms with Crippen molar-refractivity contribution in [3.8, 4) is 5.75 Å². The van der Waals surface area contributed by atoms with Crippen molar-refractivity contribution in [2.45, 2.75) is 52.4 Å². The van der Waals surface area contributed by atoms with Gasteiger partial charge in [0.15, 0.2) is 0 Å². The van der Waals surface area contributed by atoms with Gasteiger partial charge in [-0.05, 0) is 43.2 Å². The van der Waals surface area contributed by atoms with Crippen LogP contribution in [0.3, 0.4) is 0 Å².